The predicted molar refractivity (Wildman–Crippen MR) is 157 cm³/mol. The van der Waals surface area contributed by atoms with Crippen LogP contribution in [0, 0.1) is 5.92 Å². The van der Waals surface area contributed by atoms with Crippen molar-refractivity contribution in [2.45, 2.75) is 96.2 Å². The minimum Gasteiger partial charge on any atom is -0.481 e. The third kappa shape index (κ3) is 15.2. The lowest BCUT2D eigenvalue weighted by molar-refractivity contribution is -0.147. The summed E-state index contributed by atoms with van der Waals surface area (Å²) in [5.41, 5.74) is 10.4. The summed E-state index contributed by atoms with van der Waals surface area (Å²) in [6.07, 6.45) is -3.24. The van der Waals surface area contributed by atoms with E-state index in [-0.39, 0.29) is 12.3 Å². The van der Waals surface area contributed by atoms with E-state index >= 15 is 0 Å². The summed E-state index contributed by atoms with van der Waals surface area (Å²) in [5, 5.41) is 41.4. The van der Waals surface area contributed by atoms with Crippen LogP contribution in [0.25, 0.3) is 0 Å². The summed E-state index contributed by atoms with van der Waals surface area (Å²) in [6, 6.07) is -9.06. The van der Waals surface area contributed by atoms with Gasteiger partial charge in [0.25, 0.3) is 0 Å². The minimum absolute atomic E-state index is 0.0152. The van der Waals surface area contributed by atoms with Crippen molar-refractivity contribution < 1.29 is 58.5 Å². The Kier molecular flexibility index (Phi) is 17.5. The molecule has 0 unspecified atom stereocenters. The van der Waals surface area contributed by atoms with Crippen LogP contribution in [-0.4, -0.2) is 118 Å². The molecule has 0 aromatic rings. The maximum absolute atomic E-state index is 13.2. The molecular weight excluding hydrogens is 616 g/mol. The highest BCUT2D eigenvalue weighted by Crippen LogP contribution is 2.08. The summed E-state index contributed by atoms with van der Waals surface area (Å²) >= 11 is 0. The van der Waals surface area contributed by atoms with Crippen molar-refractivity contribution in [3.8, 4) is 0 Å². The first-order valence-electron chi connectivity index (χ1n) is 14.1. The number of aliphatic hydroxyl groups is 1. The molecule has 0 aromatic heterocycles. The molecule has 0 aliphatic heterocycles. The fourth-order valence-corrected chi connectivity index (χ4v) is 3.75. The number of carboxylic acid groups (broad SMARTS) is 2. The number of aliphatic carboxylic acids is 2. The second kappa shape index (κ2) is 19.5. The number of aliphatic hydroxyl groups excluding tert-OH is 1. The van der Waals surface area contributed by atoms with Gasteiger partial charge in [0.2, 0.25) is 41.4 Å². The molecule has 0 bridgehead atoms. The number of hydrogen-bond acceptors (Lipinski definition) is 11. The van der Waals surface area contributed by atoms with E-state index in [0.717, 1.165) is 6.92 Å². The van der Waals surface area contributed by atoms with Crippen LogP contribution >= 0.6 is 0 Å². The maximum Gasteiger partial charge on any atom is 0.326 e. The number of nitrogens with one attached hydrogen (secondary N) is 6. The molecule has 7 atom stereocenters. The predicted octanol–water partition coefficient (Wildman–Crippen LogP) is -5.24. The smallest absolute Gasteiger partial charge is 0.326 e. The SMILES string of the molecule is CC(C)C[C@H](NC(=O)[C@H](CC(N)=O)NC(=O)[C@@H](NC(=O)[C@H](C)NC(=O)CN)[C@@H](C)O)C(=O)N[C@@H](C)C(=O)N[C@@H](CC(=O)O)C(=O)O. The van der Waals surface area contributed by atoms with Crippen LogP contribution in [0.1, 0.15) is 53.9 Å². The molecule has 7 amide bonds. The standard InChI is InChI=1S/C26H44N8O12/c1-10(2)6-14(23(42)30-12(4)21(40)33-16(26(45)46)8-19(38)39)31-24(43)15(7-17(28)36)32-25(44)20(13(5)35)34-22(41)11(3)29-18(37)9-27/h10-16,20,35H,6-9,27H2,1-5H3,(H2,28,36)(H,29,37)(H,30,42)(H,31,43)(H,32,44)(H,33,40)(H,34,41)(H,38,39)(H,45,46)/t11-,12-,13+,14-,15-,16-,20-/m0/s1. The molecule has 0 aliphatic rings. The highest BCUT2D eigenvalue weighted by molar-refractivity contribution is 5.98. The van der Waals surface area contributed by atoms with Gasteiger partial charge < -0.3 is 58.7 Å². The van der Waals surface area contributed by atoms with Crippen LogP contribution in [-0.2, 0) is 43.2 Å². The van der Waals surface area contributed by atoms with Crippen LogP contribution in [0.15, 0.2) is 0 Å². The number of carboxylic acids is 2. The quantitative estimate of drug-likeness (QED) is 0.0582. The third-order valence-electron chi connectivity index (χ3n) is 6.14. The van der Waals surface area contributed by atoms with E-state index in [0.29, 0.717) is 0 Å². The molecule has 0 saturated heterocycles. The van der Waals surface area contributed by atoms with Gasteiger partial charge in [0.1, 0.15) is 36.3 Å². The van der Waals surface area contributed by atoms with Gasteiger partial charge in [-0.3, -0.25) is 38.4 Å². The third-order valence-corrected chi connectivity index (χ3v) is 6.14. The Morgan fingerprint density at radius 1 is 0.609 bits per heavy atom. The van der Waals surface area contributed by atoms with Crippen molar-refractivity contribution in [1.82, 2.24) is 31.9 Å². The van der Waals surface area contributed by atoms with Crippen LogP contribution in [0.4, 0.5) is 0 Å². The van der Waals surface area contributed by atoms with Crippen molar-refractivity contribution in [3.63, 3.8) is 0 Å². The minimum atomic E-state index is -1.78. The fourth-order valence-electron chi connectivity index (χ4n) is 3.75. The Labute approximate surface area is 264 Å². The van der Waals surface area contributed by atoms with E-state index in [1.54, 1.807) is 13.8 Å². The molecule has 0 fully saturated rings. The summed E-state index contributed by atoms with van der Waals surface area (Å²) in [6.45, 7) is 6.60. The van der Waals surface area contributed by atoms with E-state index in [1.807, 2.05) is 5.32 Å². The molecular formula is C26H44N8O12. The largest absolute Gasteiger partial charge is 0.481 e. The zero-order valence-corrected chi connectivity index (χ0v) is 26.1. The van der Waals surface area contributed by atoms with E-state index in [1.165, 1.54) is 13.8 Å². The van der Waals surface area contributed by atoms with E-state index < -0.39 is 115 Å². The number of carbonyl (C=O) groups excluding carboxylic acids is 7. The molecule has 20 nitrogen and oxygen atoms in total. The number of amides is 7. The van der Waals surface area contributed by atoms with Crippen molar-refractivity contribution in [1.29, 1.82) is 0 Å². The number of hydrogen-bond donors (Lipinski definition) is 11. The molecule has 0 heterocycles. The second-order valence-electron chi connectivity index (χ2n) is 10.9. The molecule has 0 saturated carbocycles. The maximum atomic E-state index is 13.2. The zero-order chi connectivity index (χ0) is 35.9. The summed E-state index contributed by atoms with van der Waals surface area (Å²) < 4.78 is 0. The van der Waals surface area contributed by atoms with Gasteiger partial charge in [0, 0.05) is 0 Å². The normalized spacial score (nSPS) is 15.4. The van der Waals surface area contributed by atoms with E-state index in [9.17, 15) is 48.3 Å². The lowest BCUT2D eigenvalue weighted by Crippen LogP contribution is -2.61. The first kappa shape index (κ1) is 41.1. The van der Waals surface area contributed by atoms with Crippen molar-refractivity contribution in [3.05, 3.63) is 0 Å². The van der Waals surface area contributed by atoms with Gasteiger partial charge in [-0.15, -0.1) is 0 Å². The van der Waals surface area contributed by atoms with Crippen LogP contribution in [0.2, 0.25) is 0 Å². The number of carbonyl (C=O) groups is 9. The molecule has 0 spiro atoms. The van der Waals surface area contributed by atoms with Gasteiger partial charge in [-0.2, -0.15) is 0 Å². The fraction of sp³-hybridized carbons (Fsp3) is 0.654. The molecule has 0 aliphatic carbocycles. The molecule has 0 radical (unpaired) electrons. The van der Waals surface area contributed by atoms with Gasteiger partial charge in [-0.1, -0.05) is 13.8 Å². The van der Waals surface area contributed by atoms with Crippen LogP contribution in [0.3, 0.4) is 0 Å². The Bertz CT molecular complexity index is 1160. The highest BCUT2D eigenvalue weighted by atomic mass is 16.4. The monoisotopic (exact) mass is 660 g/mol. The van der Waals surface area contributed by atoms with Crippen LogP contribution < -0.4 is 43.4 Å². The first-order valence-corrected chi connectivity index (χ1v) is 14.1. The molecule has 46 heavy (non-hydrogen) atoms. The van der Waals surface area contributed by atoms with Crippen molar-refractivity contribution in [2.24, 2.45) is 17.4 Å². The number of primary amides is 1. The van der Waals surface area contributed by atoms with E-state index in [4.69, 9.17) is 21.7 Å². The average Bonchev–Trinajstić information content (AvgIpc) is 2.93. The topological polar surface area (TPSA) is 339 Å². The Morgan fingerprint density at radius 2 is 1.09 bits per heavy atom. The average molecular weight is 661 g/mol. The molecule has 0 aromatic carbocycles. The van der Waals surface area contributed by atoms with Gasteiger partial charge in [-0.25, -0.2) is 4.79 Å². The zero-order valence-electron chi connectivity index (χ0n) is 26.1. The Morgan fingerprint density at radius 3 is 1.54 bits per heavy atom. The van der Waals surface area contributed by atoms with Crippen molar-refractivity contribution >= 4 is 53.3 Å². The summed E-state index contributed by atoms with van der Waals surface area (Å²) in [7, 11) is 0. The highest BCUT2D eigenvalue weighted by Gasteiger charge is 2.34. The summed E-state index contributed by atoms with van der Waals surface area (Å²) in [5.74, 6) is -10.1. The van der Waals surface area contributed by atoms with Gasteiger partial charge in [0.15, 0.2) is 0 Å². The Hall–Kier alpha value is -4.85. The van der Waals surface area contributed by atoms with Gasteiger partial charge in [-0.05, 0) is 33.1 Å². The van der Waals surface area contributed by atoms with Gasteiger partial charge in [0.05, 0.1) is 25.5 Å². The molecule has 0 rings (SSSR count). The lowest BCUT2D eigenvalue weighted by atomic mass is 10.0. The van der Waals surface area contributed by atoms with Crippen molar-refractivity contribution in [2.75, 3.05) is 6.54 Å². The van der Waals surface area contributed by atoms with Gasteiger partial charge >= 0.3 is 11.9 Å². The van der Waals surface area contributed by atoms with E-state index in [2.05, 4.69) is 26.6 Å². The Balaban J connectivity index is 5.82. The molecule has 20 heteroatoms. The second-order valence-corrected chi connectivity index (χ2v) is 10.9. The summed E-state index contributed by atoms with van der Waals surface area (Å²) in [4.78, 5) is 110. The number of rotatable bonds is 20. The number of nitrogens with two attached hydrogens (primary N) is 2. The first-order chi connectivity index (χ1) is 21.2. The molecule has 13 N–H and O–H groups in total. The molecule has 260 valence electrons. The van der Waals surface area contributed by atoms with Crippen LogP contribution in [0.5, 0.6) is 0 Å². The lowest BCUT2D eigenvalue weighted by Gasteiger charge is -2.27.